The van der Waals surface area contributed by atoms with Gasteiger partial charge < -0.3 is 10.2 Å². The summed E-state index contributed by atoms with van der Waals surface area (Å²) < 4.78 is 0. The van der Waals surface area contributed by atoms with Crippen LogP contribution < -0.4 is 0 Å². The number of rotatable bonds is 2. The molecule has 0 aromatic heterocycles. The first-order chi connectivity index (χ1) is 9.20. The van der Waals surface area contributed by atoms with Gasteiger partial charge in [0.2, 0.25) is 0 Å². The summed E-state index contributed by atoms with van der Waals surface area (Å²) in [7, 11) is 0. The first kappa shape index (κ1) is 12.2. The number of benzene rings is 2. The van der Waals surface area contributed by atoms with Crippen molar-refractivity contribution in [3.63, 3.8) is 0 Å². The van der Waals surface area contributed by atoms with E-state index < -0.39 is 11.7 Å². The average Bonchev–Trinajstić information content (AvgIpc) is 2.77. The lowest BCUT2D eigenvalue weighted by Crippen LogP contribution is -2.26. The molecule has 0 fully saturated rings. The van der Waals surface area contributed by atoms with Crippen LogP contribution in [-0.4, -0.2) is 16.3 Å². The highest BCUT2D eigenvalue weighted by Gasteiger charge is 2.41. The zero-order valence-electron chi connectivity index (χ0n) is 10.5. The van der Waals surface area contributed by atoms with E-state index in [-0.39, 0.29) is 0 Å². The molecule has 0 heterocycles. The zero-order valence-corrected chi connectivity index (χ0v) is 10.5. The summed E-state index contributed by atoms with van der Waals surface area (Å²) in [5.41, 5.74) is 1.45. The molecule has 19 heavy (non-hydrogen) atoms. The maximum atomic E-state index is 11.0. The second-order valence-corrected chi connectivity index (χ2v) is 4.94. The minimum Gasteiger partial charge on any atom is -0.389 e. The van der Waals surface area contributed by atoms with Crippen LogP contribution in [0, 0.1) is 0 Å². The predicted octanol–water partition coefficient (Wildman–Crippen LogP) is 2.72. The molecule has 0 saturated carbocycles. The van der Waals surface area contributed by atoms with E-state index in [2.05, 4.69) is 0 Å². The average molecular weight is 252 g/mol. The molecular weight excluding hydrogens is 236 g/mol. The fourth-order valence-electron chi connectivity index (χ4n) is 2.74. The van der Waals surface area contributed by atoms with Crippen molar-refractivity contribution < 1.29 is 10.2 Å². The number of aliphatic hydroxyl groups excluding tert-OH is 1. The SMILES string of the molecule is O[C@@H]1C=C(c2ccccc2)[C@](O)(c2ccccc2)C1. The van der Waals surface area contributed by atoms with Crippen molar-refractivity contribution in [2.75, 3.05) is 0 Å². The van der Waals surface area contributed by atoms with Crippen LogP contribution in [0.5, 0.6) is 0 Å². The molecule has 0 aliphatic heterocycles. The fraction of sp³-hybridized carbons (Fsp3) is 0.176. The van der Waals surface area contributed by atoms with Crippen molar-refractivity contribution in [1.82, 2.24) is 0 Å². The van der Waals surface area contributed by atoms with Gasteiger partial charge in [-0.05, 0) is 22.8 Å². The molecule has 0 radical (unpaired) electrons. The monoisotopic (exact) mass is 252 g/mol. The molecule has 1 aliphatic carbocycles. The highest BCUT2D eigenvalue weighted by Crippen LogP contribution is 2.44. The minimum atomic E-state index is -1.11. The molecule has 2 atom stereocenters. The van der Waals surface area contributed by atoms with Crippen LogP contribution >= 0.6 is 0 Å². The molecule has 2 aromatic rings. The molecule has 96 valence electrons. The van der Waals surface area contributed by atoms with Gasteiger partial charge in [-0.2, -0.15) is 0 Å². The van der Waals surface area contributed by atoms with Gasteiger partial charge >= 0.3 is 0 Å². The Kier molecular flexibility index (Phi) is 2.97. The third kappa shape index (κ3) is 2.09. The first-order valence-corrected chi connectivity index (χ1v) is 6.44. The van der Waals surface area contributed by atoms with Gasteiger partial charge in [-0.1, -0.05) is 60.7 Å². The quantitative estimate of drug-likeness (QED) is 0.862. The summed E-state index contributed by atoms with van der Waals surface area (Å²) in [5.74, 6) is 0. The normalized spacial score (nSPS) is 26.2. The Morgan fingerprint density at radius 1 is 0.895 bits per heavy atom. The Bertz CT molecular complexity index is 589. The molecule has 2 N–H and O–H groups in total. The minimum absolute atomic E-state index is 0.307. The van der Waals surface area contributed by atoms with E-state index in [1.807, 2.05) is 60.7 Å². The molecule has 2 nitrogen and oxygen atoms in total. The maximum Gasteiger partial charge on any atom is 0.118 e. The van der Waals surface area contributed by atoms with Crippen LogP contribution in [-0.2, 0) is 5.60 Å². The van der Waals surface area contributed by atoms with Crippen LogP contribution in [0.1, 0.15) is 17.5 Å². The molecule has 3 rings (SSSR count). The van der Waals surface area contributed by atoms with Crippen molar-refractivity contribution in [2.24, 2.45) is 0 Å². The van der Waals surface area contributed by atoms with Gasteiger partial charge in [0.25, 0.3) is 0 Å². The maximum absolute atomic E-state index is 11.0. The highest BCUT2D eigenvalue weighted by molar-refractivity contribution is 5.76. The van der Waals surface area contributed by atoms with Crippen LogP contribution in [0.4, 0.5) is 0 Å². The molecule has 1 aliphatic rings. The van der Waals surface area contributed by atoms with E-state index in [4.69, 9.17) is 0 Å². The van der Waals surface area contributed by atoms with Crippen molar-refractivity contribution >= 4 is 5.57 Å². The molecule has 0 saturated heterocycles. The third-order valence-electron chi connectivity index (χ3n) is 3.65. The number of hydrogen-bond acceptors (Lipinski definition) is 2. The van der Waals surface area contributed by atoms with Gasteiger partial charge in [0.05, 0.1) is 6.10 Å². The molecule has 2 aromatic carbocycles. The van der Waals surface area contributed by atoms with Crippen molar-refractivity contribution in [1.29, 1.82) is 0 Å². The Morgan fingerprint density at radius 3 is 2.11 bits per heavy atom. The van der Waals surface area contributed by atoms with Gasteiger partial charge in [0.15, 0.2) is 0 Å². The zero-order chi connectivity index (χ0) is 13.3. The highest BCUT2D eigenvalue weighted by atomic mass is 16.3. The second-order valence-electron chi connectivity index (χ2n) is 4.94. The van der Waals surface area contributed by atoms with E-state index in [1.54, 1.807) is 6.08 Å². The second kappa shape index (κ2) is 4.65. The first-order valence-electron chi connectivity index (χ1n) is 6.44. The topological polar surface area (TPSA) is 40.5 Å². The number of aliphatic hydroxyl groups is 2. The van der Waals surface area contributed by atoms with E-state index in [9.17, 15) is 10.2 Å². The Morgan fingerprint density at radius 2 is 1.47 bits per heavy atom. The summed E-state index contributed by atoms with van der Waals surface area (Å²) in [6, 6.07) is 19.3. The Labute approximate surface area is 112 Å². The summed E-state index contributed by atoms with van der Waals surface area (Å²) in [4.78, 5) is 0. The van der Waals surface area contributed by atoms with E-state index in [0.717, 1.165) is 16.7 Å². The van der Waals surface area contributed by atoms with Gasteiger partial charge in [-0.3, -0.25) is 0 Å². The molecule has 0 amide bonds. The third-order valence-corrected chi connectivity index (χ3v) is 3.65. The Hall–Kier alpha value is -1.90. The van der Waals surface area contributed by atoms with Gasteiger partial charge in [-0.25, -0.2) is 0 Å². The summed E-state index contributed by atoms with van der Waals surface area (Å²) in [6.07, 6.45) is 1.45. The lowest BCUT2D eigenvalue weighted by Gasteiger charge is -2.27. The van der Waals surface area contributed by atoms with E-state index in [1.165, 1.54) is 0 Å². The van der Waals surface area contributed by atoms with Crippen LogP contribution in [0.3, 0.4) is 0 Å². The smallest absolute Gasteiger partial charge is 0.118 e. The van der Waals surface area contributed by atoms with E-state index >= 15 is 0 Å². The Balaban J connectivity index is 2.09. The lowest BCUT2D eigenvalue weighted by atomic mass is 9.84. The van der Waals surface area contributed by atoms with Crippen LogP contribution in [0.25, 0.3) is 5.57 Å². The van der Waals surface area contributed by atoms with Gasteiger partial charge in [-0.15, -0.1) is 0 Å². The molecule has 0 spiro atoms. The van der Waals surface area contributed by atoms with Crippen molar-refractivity contribution in [2.45, 2.75) is 18.1 Å². The predicted molar refractivity (Wildman–Crippen MR) is 75.4 cm³/mol. The summed E-state index contributed by atoms with van der Waals surface area (Å²) in [6.45, 7) is 0. The largest absolute Gasteiger partial charge is 0.389 e. The summed E-state index contributed by atoms with van der Waals surface area (Å²) in [5, 5.41) is 20.9. The van der Waals surface area contributed by atoms with Crippen molar-refractivity contribution in [3.8, 4) is 0 Å². The fourth-order valence-corrected chi connectivity index (χ4v) is 2.74. The molecule has 2 heteroatoms. The summed E-state index contributed by atoms with van der Waals surface area (Å²) >= 11 is 0. The standard InChI is InChI=1S/C17H16O2/c18-15-11-16(13-7-3-1-4-8-13)17(19,12-15)14-9-5-2-6-10-14/h1-11,15,18-19H,12H2/t15-,17-/m1/s1. The molecule has 0 bridgehead atoms. The molecular formula is C17H16O2. The van der Waals surface area contributed by atoms with Gasteiger partial charge in [0, 0.05) is 6.42 Å². The van der Waals surface area contributed by atoms with E-state index in [0.29, 0.717) is 6.42 Å². The number of hydrogen-bond donors (Lipinski definition) is 2. The van der Waals surface area contributed by atoms with Crippen molar-refractivity contribution in [3.05, 3.63) is 77.9 Å². The lowest BCUT2D eigenvalue weighted by molar-refractivity contribution is 0.0629. The van der Waals surface area contributed by atoms with Crippen LogP contribution in [0.2, 0.25) is 0 Å². The van der Waals surface area contributed by atoms with Gasteiger partial charge in [0.1, 0.15) is 5.60 Å². The molecule has 0 unspecified atom stereocenters. The van der Waals surface area contributed by atoms with Crippen LogP contribution in [0.15, 0.2) is 66.7 Å².